The van der Waals surface area contributed by atoms with E-state index in [2.05, 4.69) is 4.99 Å². The van der Waals surface area contributed by atoms with Gasteiger partial charge in [0.05, 0.1) is 23.7 Å². The van der Waals surface area contributed by atoms with Gasteiger partial charge in [-0.1, -0.05) is 30.3 Å². The molecule has 0 bridgehead atoms. The van der Waals surface area contributed by atoms with Gasteiger partial charge in [0, 0.05) is 26.4 Å². The van der Waals surface area contributed by atoms with Gasteiger partial charge in [0.15, 0.2) is 5.17 Å². The first kappa shape index (κ1) is 20.2. The fourth-order valence-corrected chi connectivity index (χ4v) is 3.75. The van der Waals surface area contributed by atoms with E-state index < -0.39 is 0 Å². The lowest BCUT2D eigenvalue weighted by Crippen LogP contribution is -2.32. The van der Waals surface area contributed by atoms with E-state index in [4.69, 9.17) is 4.74 Å². The number of nitrogens with zero attached hydrogens (tertiary/aromatic N) is 3. The topological polar surface area (TPSA) is 45.1 Å². The number of rotatable bonds is 7. The van der Waals surface area contributed by atoms with E-state index in [0.29, 0.717) is 29.8 Å². The van der Waals surface area contributed by atoms with Crippen LogP contribution in [0.1, 0.15) is 12.5 Å². The van der Waals surface area contributed by atoms with Gasteiger partial charge in [0.2, 0.25) is 0 Å². The van der Waals surface area contributed by atoms with Crippen LogP contribution in [0.4, 0.5) is 11.4 Å². The highest BCUT2D eigenvalue weighted by atomic mass is 32.2. The van der Waals surface area contributed by atoms with Gasteiger partial charge in [-0.2, -0.15) is 0 Å². The number of amidine groups is 1. The minimum atomic E-state index is -0.0314. The molecule has 1 aliphatic rings. The lowest BCUT2D eigenvalue weighted by atomic mass is 10.2. The van der Waals surface area contributed by atoms with Crippen LogP contribution in [0.2, 0.25) is 0 Å². The Morgan fingerprint density at radius 2 is 1.82 bits per heavy atom. The Labute approximate surface area is 170 Å². The Bertz CT molecular complexity index is 861. The largest absolute Gasteiger partial charge is 0.380 e. The second-order valence-electron chi connectivity index (χ2n) is 6.48. The molecule has 1 fully saturated rings. The fraction of sp³-hybridized carbons (Fsp3) is 0.273. The van der Waals surface area contributed by atoms with Crippen molar-refractivity contribution in [1.82, 2.24) is 4.90 Å². The zero-order valence-electron chi connectivity index (χ0n) is 16.5. The number of amides is 1. The van der Waals surface area contributed by atoms with E-state index in [1.165, 1.54) is 11.8 Å². The van der Waals surface area contributed by atoms with Gasteiger partial charge >= 0.3 is 0 Å². The van der Waals surface area contributed by atoms with Crippen LogP contribution in [0, 0.1) is 0 Å². The number of aliphatic imine (C=N–C) groups is 1. The maximum atomic E-state index is 13.0. The molecule has 1 heterocycles. The molecule has 146 valence electrons. The third kappa shape index (κ3) is 5.03. The summed E-state index contributed by atoms with van der Waals surface area (Å²) >= 11 is 1.41. The van der Waals surface area contributed by atoms with Crippen LogP contribution in [0.25, 0.3) is 6.08 Å². The van der Waals surface area contributed by atoms with Crippen molar-refractivity contribution in [3.63, 3.8) is 0 Å². The normalized spacial score (nSPS) is 17.0. The Morgan fingerprint density at radius 3 is 2.46 bits per heavy atom. The monoisotopic (exact) mass is 395 g/mol. The highest BCUT2D eigenvalue weighted by Crippen LogP contribution is 2.34. The van der Waals surface area contributed by atoms with Gasteiger partial charge in [0.1, 0.15) is 0 Å². The average Bonchev–Trinajstić information content (AvgIpc) is 2.98. The summed E-state index contributed by atoms with van der Waals surface area (Å²) in [4.78, 5) is 22.1. The van der Waals surface area contributed by atoms with Crippen LogP contribution in [0.15, 0.2) is 64.5 Å². The standard InChI is InChI=1S/C22H25N3O2S/c1-4-27-15-14-25-21(26)20(16-17-10-12-19(13-11-17)24(2)3)28-22(25)23-18-8-6-5-7-9-18/h5-13,16H,4,14-15H2,1-3H3/b20-16-,23-22?. The Kier molecular flexibility index (Phi) is 6.90. The average molecular weight is 396 g/mol. The zero-order valence-corrected chi connectivity index (χ0v) is 17.3. The number of thioether (sulfide) groups is 1. The first-order chi connectivity index (χ1) is 13.6. The highest BCUT2D eigenvalue weighted by molar-refractivity contribution is 8.18. The van der Waals surface area contributed by atoms with Crippen LogP contribution >= 0.6 is 11.8 Å². The van der Waals surface area contributed by atoms with Crippen molar-refractivity contribution in [3.05, 3.63) is 65.1 Å². The molecule has 0 unspecified atom stereocenters. The smallest absolute Gasteiger partial charge is 0.266 e. The summed E-state index contributed by atoms with van der Waals surface area (Å²) in [5.41, 5.74) is 2.94. The van der Waals surface area contributed by atoms with Gasteiger partial charge in [-0.05, 0) is 54.6 Å². The second kappa shape index (κ2) is 9.57. The number of para-hydroxylation sites is 1. The molecule has 2 aromatic rings. The van der Waals surface area contributed by atoms with E-state index in [1.54, 1.807) is 4.90 Å². The van der Waals surface area contributed by atoms with E-state index in [9.17, 15) is 4.79 Å². The van der Waals surface area contributed by atoms with E-state index in [0.717, 1.165) is 16.9 Å². The number of carbonyl (C=O) groups excluding carboxylic acids is 1. The molecule has 0 spiro atoms. The van der Waals surface area contributed by atoms with Crippen LogP contribution in [0.5, 0.6) is 0 Å². The molecule has 28 heavy (non-hydrogen) atoms. The summed E-state index contributed by atoms with van der Waals surface area (Å²) < 4.78 is 5.45. The Balaban J connectivity index is 1.86. The molecule has 1 saturated heterocycles. The quantitative estimate of drug-likeness (QED) is 0.515. The zero-order chi connectivity index (χ0) is 19.9. The number of carbonyl (C=O) groups is 1. The molecular weight excluding hydrogens is 370 g/mol. The van der Waals surface area contributed by atoms with Crippen molar-refractivity contribution in [2.24, 2.45) is 4.99 Å². The van der Waals surface area contributed by atoms with Gasteiger partial charge in [-0.15, -0.1) is 0 Å². The van der Waals surface area contributed by atoms with E-state index in [-0.39, 0.29) is 5.91 Å². The fourth-order valence-electron chi connectivity index (χ4n) is 2.72. The van der Waals surface area contributed by atoms with Gasteiger partial charge in [0.25, 0.3) is 5.91 Å². The maximum absolute atomic E-state index is 13.0. The van der Waals surface area contributed by atoms with Crippen LogP contribution < -0.4 is 4.90 Å². The third-order valence-electron chi connectivity index (χ3n) is 4.24. The first-order valence-electron chi connectivity index (χ1n) is 9.28. The van der Waals surface area contributed by atoms with E-state index >= 15 is 0 Å². The van der Waals surface area contributed by atoms with Gasteiger partial charge in [-0.25, -0.2) is 4.99 Å². The lowest BCUT2D eigenvalue weighted by molar-refractivity contribution is -0.122. The Hall–Kier alpha value is -2.57. The van der Waals surface area contributed by atoms with E-state index in [1.807, 2.05) is 86.6 Å². The SMILES string of the molecule is CCOCCN1C(=O)/C(=C/c2ccc(N(C)C)cc2)SC1=Nc1ccccc1. The van der Waals surface area contributed by atoms with Crippen molar-refractivity contribution >= 4 is 40.3 Å². The summed E-state index contributed by atoms with van der Waals surface area (Å²) in [6.07, 6.45) is 1.92. The molecular formula is C22H25N3O2S. The van der Waals surface area contributed by atoms with Crippen LogP contribution in [-0.4, -0.2) is 49.8 Å². The summed E-state index contributed by atoms with van der Waals surface area (Å²) in [5.74, 6) is -0.0314. The van der Waals surface area contributed by atoms with Gasteiger partial charge in [-0.3, -0.25) is 9.69 Å². The molecule has 0 aromatic heterocycles. The van der Waals surface area contributed by atoms with Crippen molar-refractivity contribution in [1.29, 1.82) is 0 Å². The first-order valence-corrected chi connectivity index (χ1v) is 10.1. The summed E-state index contributed by atoms with van der Waals surface area (Å²) in [6, 6.07) is 17.8. The molecule has 0 aliphatic carbocycles. The number of hydrogen-bond donors (Lipinski definition) is 0. The minimum Gasteiger partial charge on any atom is -0.380 e. The number of anilines is 1. The summed E-state index contributed by atoms with van der Waals surface area (Å²) in [5, 5.41) is 0.687. The van der Waals surface area contributed by atoms with Crippen molar-refractivity contribution in [2.75, 3.05) is 38.8 Å². The highest BCUT2D eigenvalue weighted by Gasteiger charge is 2.33. The molecule has 0 saturated carbocycles. The molecule has 0 atom stereocenters. The lowest BCUT2D eigenvalue weighted by Gasteiger charge is -2.15. The number of benzene rings is 2. The van der Waals surface area contributed by atoms with Crippen molar-refractivity contribution < 1.29 is 9.53 Å². The number of hydrogen-bond acceptors (Lipinski definition) is 5. The van der Waals surface area contributed by atoms with Gasteiger partial charge < -0.3 is 9.64 Å². The molecule has 3 rings (SSSR count). The molecule has 0 radical (unpaired) electrons. The maximum Gasteiger partial charge on any atom is 0.266 e. The molecule has 6 heteroatoms. The summed E-state index contributed by atoms with van der Waals surface area (Å²) in [7, 11) is 4.01. The molecule has 2 aromatic carbocycles. The predicted octanol–water partition coefficient (Wildman–Crippen LogP) is 4.39. The second-order valence-corrected chi connectivity index (χ2v) is 7.49. The summed E-state index contributed by atoms with van der Waals surface area (Å²) in [6.45, 7) is 3.55. The number of ether oxygens (including phenoxy) is 1. The van der Waals surface area contributed by atoms with Crippen molar-refractivity contribution in [2.45, 2.75) is 6.92 Å². The van der Waals surface area contributed by atoms with Crippen molar-refractivity contribution in [3.8, 4) is 0 Å². The minimum absolute atomic E-state index is 0.0314. The van der Waals surface area contributed by atoms with Crippen LogP contribution in [0.3, 0.4) is 0 Å². The van der Waals surface area contributed by atoms with Crippen LogP contribution in [-0.2, 0) is 9.53 Å². The molecule has 1 aliphatic heterocycles. The molecule has 0 N–H and O–H groups in total. The Morgan fingerprint density at radius 1 is 1.11 bits per heavy atom. The predicted molar refractivity (Wildman–Crippen MR) is 118 cm³/mol. The molecule has 1 amide bonds. The molecule has 5 nitrogen and oxygen atoms in total. The third-order valence-corrected chi connectivity index (χ3v) is 5.25.